The molecule has 0 amide bonds. The second-order valence-electron chi connectivity index (χ2n) is 6.80. The molecule has 0 saturated heterocycles. The molecule has 0 spiro atoms. The smallest absolute Gasteiger partial charge is 0.480 e. The number of fused-ring (bicyclic) bond motifs is 1. The molecule has 11 nitrogen and oxygen atoms in total. The number of anilines is 1. The lowest BCUT2D eigenvalue weighted by atomic mass is 10.2. The van der Waals surface area contributed by atoms with Crippen molar-refractivity contribution in [2.75, 3.05) is 12.4 Å². The van der Waals surface area contributed by atoms with Gasteiger partial charge in [0.2, 0.25) is 5.88 Å². The van der Waals surface area contributed by atoms with E-state index in [-0.39, 0.29) is 16.2 Å². The molecule has 0 bridgehead atoms. The number of rotatable bonds is 6. The number of aromatic nitrogens is 7. The van der Waals surface area contributed by atoms with Crippen molar-refractivity contribution in [3.63, 3.8) is 0 Å². The first kappa shape index (κ1) is 23.6. The third-order valence-corrected chi connectivity index (χ3v) is 6.35. The number of ether oxygens (including phenoxy) is 1. The fourth-order valence-electron chi connectivity index (χ4n) is 3.07. The zero-order valence-corrected chi connectivity index (χ0v) is 18.9. The van der Waals surface area contributed by atoms with Crippen LogP contribution in [0.5, 0.6) is 5.88 Å². The molecule has 0 saturated carbocycles. The summed E-state index contributed by atoms with van der Waals surface area (Å²) in [6.07, 6.45) is 2.22. The van der Waals surface area contributed by atoms with Gasteiger partial charge in [0, 0.05) is 16.5 Å². The molecule has 0 aliphatic heterocycles. The molecule has 4 rings (SSSR count). The Labute approximate surface area is 194 Å². The molecule has 0 radical (unpaired) electrons. The Hall–Kier alpha value is -3.59. The molecule has 0 unspecified atom stereocenters. The summed E-state index contributed by atoms with van der Waals surface area (Å²) in [7, 11) is -4.27. The Morgan fingerprint density at radius 3 is 2.53 bits per heavy atom. The summed E-state index contributed by atoms with van der Waals surface area (Å²) in [5, 5.41) is 14.7. The Bertz CT molecular complexity index is 1460. The van der Waals surface area contributed by atoms with Crippen molar-refractivity contribution in [2.24, 2.45) is 0 Å². The van der Waals surface area contributed by atoms with E-state index < -0.39 is 31.8 Å². The van der Waals surface area contributed by atoms with Crippen LogP contribution in [0.3, 0.4) is 0 Å². The highest BCUT2D eigenvalue weighted by Gasteiger charge is 2.48. The first-order chi connectivity index (χ1) is 16.0. The van der Waals surface area contributed by atoms with Gasteiger partial charge in [0.05, 0.1) is 18.7 Å². The van der Waals surface area contributed by atoms with Gasteiger partial charge in [0.15, 0.2) is 11.6 Å². The van der Waals surface area contributed by atoms with Gasteiger partial charge in [-0.05, 0) is 25.1 Å². The number of nitrogens with one attached hydrogen (secondary N) is 1. The molecular weight excluding hydrogens is 501 g/mol. The van der Waals surface area contributed by atoms with Crippen molar-refractivity contribution in [3.8, 4) is 11.7 Å². The van der Waals surface area contributed by atoms with E-state index in [0.717, 1.165) is 6.33 Å². The summed E-state index contributed by atoms with van der Waals surface area (Å²) >= 11 is 5.95. The van der Waals surface area contributed by atoms with E-state index in [1.807, 2.05) is 0 Å². The predicted octanol–water partition coefficient (Wildman–Crippen LogP) is 3.13. The molecular formula is C18H14ClF3N8O3S. The normalized spacial score (nSPS) is 13.1. The van der Waals surface area contributed by atoms with E-state index in [2.05, 4.69) is 35.6 Å². The van der Waals surface area contributed by atoms with Gasteiger partial charge in [-0.15, -0.1) is 10.2 Å². The maximum absolute atomic E-state index is 13.2. The van der Waals surface area contributed by atoms with Crippen LogP contribution < -0.4 is 10.1 Å². The fourth-order valence-corrected chi connectivity index (χ4v) is 4.30. The van der Waals surface area contributed by atoms with Crippen LogP contribution in [0.25, 0.3) is 16.7 Å². The maximum Gasteiger partial charge on any atom is 0.501 e. The molecule has 34 heavy (non-hydrogen) atoms. The molecule has 1 atom stereocenters. The lowest BCUT2D eigenvalue weighted by Gasteiger charge is -2.17. The molecule has 0 aliphatic rings. The summed E-state index contributed by atoms with van der Waals surface area (Å²) in [6, 6.07) is 4.53. The van der Waals surface area contributed by atoms with Crippen LogP contribution >= 0.6 is 11.6 Å². The first-order valence-corrected chi connectivity index (χ1v) is 11.2. The summed E-state index contributed by atoms with van der Waals surface area (Å²) in [5.74, 6) is 1.02. The molecule has 0 aliphatic carbocycles. The van der Waals surface area contributed by atoms with Gasteiger partial charge in [0.25, 0.3) is 9.84 Å². The number of hydrogen-bond acceptors (Lipinski definition) is 10. The fraction of sp³-hybridized carbons (Fsp3) is 0.222. The lowest BCUT2D eigenvalue weighted by Crippen LogP contribution is -2.24. The van der Waals surface area contributed by atoms with Crippen LogP contribution in [0.2, 0.25) is 5.02 Å². The Balaban J connectivity index is 1.75. The standard InChI is InChI=1S/C18H14ClF3N8O3S/c1-9(17-25-8-26-30(17)13-3-4-14(33-2)29-28-13)27-16-11-5-10(19)6-12(15(11)23-7-24-16)34(31,32)18(20,21)22/h3-9H,1-2H3,(H,23,24,27)/t9-/m0/s1. The summed E-state index contributed by atoms with van der Waals surface area (Å²) in [5.41, 5.74) is -5.97. The predicted molar refractivity (Wildman–Crippen MR) is 113 cm³/mol. The van der Waals surface area contributed by atoms with Crippen molar-refractivity contribution >= 4 is 38.2 Å². The number of halogens is 4. The highest BCUT2D eigenvalue weighted by molar-refractivity contribution is 7.92. The highest BCUT2D eigenvalue weighted by Crippen LogP contribution is 2.37. The van der Waals surface area contributed by atoms with Crippen LogP contribution in [0.1, 0.15) is 18.8 Å². The van der Waals surface area contributed by atoms with Crippen molar-refractivity contribution < 1.29 is 26.3 Å². The van der Waals surface area contributed by atoms with E-state index in [0.29, 0.717) is 23.6 Å². The van der Waals surface area contributed by atoms with E-state index in [9.17, 15) is 21.6 Å². The molecule has 178 valence electrons. The van der Waals surface area contributed by atoms with Gasteiger partial charge in [-0.1, -0.05) is 11.6 Å². The van der Waals surface area contributed by atoms with Gasteiger partial charge < -0.3 is 10.1 Å². The number of benzene rings is 1. The molecule has 0 fully saturated rings. The summed E-state index contributed by atoms with van der Waals surface area (Å²) < 4.78 is 70.1. The summed E-state index contributed by atoms with van der Waals surface area (Å²) in [4.78, 5) is 10.9. The Morgan fingerprint density at radius 2 is 1.88 bits per heavy atom. The Morgan fingerprint density at radius 1 is 1.12 bits per heavy atom. The Kier molecular flexibility index (Phi) is 5.99. The van der Waals surface area contributed by atoms with Crippen molar-refractivity contribution in [1.29, 1.82) is 0 Å². The zero-order valence-electron chi connectivity index (χ0n) is 17.3. The van der Waals surface area contributed by atoms with E-state index in [1.165, 1.54) is 24.2 Å². The minimum atomic E-state index is -5.72. The average Bonchev–Trinajstić information content (AvgIpc) is 3.28. The molecule has 1 N–H and O–H groups in total. The first-order valence-electron chi connectivity index (χ1n) is 9.33. The van der Waals surface area contributed by atoms with Crippen molar-refractivity contribution in [2.45, 2.75) is 23.4 Å². The van der Waals surface area contributed by atoms with Crippen molar-refractivity contribution in [3.05, 3.63) is 47.8 Å². The topological polar surface area (TPSA) is 138 Å². The molecule has 1 aromatic carbocycles. The molecule has 16 heteroatoms. The van der Waals surface area contributed by atoms with E-state index in [1.54, 1.807) is 19.1 Å². The van der Waals surface area contributed by atoms with E-state index in [4.69, 9.17) is 16.3 Å². The van der Waals surface area contributed by atoms with E-state index >= 15 is 0 Å². The lowest BCUT2D eigenvalue weighted by molar-refractivity contribution is -0.0435. The number of sulfone groups is 1. The number of hydrogen-bond donors (Lipinski definition) is 1. The number of methoxy groups -OCH3 is 1. The third kappa shape index (κ3) is 4.19. The van der Waals surface area contributed by atoms with Gasteiger partial charge in [-0.3, -0.25) is 0 Å². The van der Waals surface area contributed by atoms with Crippen LogP contribution in [-0.2, 0) is 9.84 Å². The monoisotopic (exact) mass is 514 g/mol. The van der Waals surface area contributed by atoms with Crippen molar-refractivity contribution in [1.82, 2.24) is 34.9 Å². The van der Waals surface area contributed by atoms with Gasteiger partial charge in [-0.2, -0.15) is 23.0 Å². The highest BCUT2D eigenvalue weighted by atomic mass is 35.5. The molecule has 3 heterocycles. The van der Waals surface area contributed by atoms with Gasteiger partial charge in [-0.25, -0.2) is 23.4 Å². The summed E-state index contributed by atoms with van der Waals surface area (Å²) in [6.45, 7) is 1.68. The number of nitrogens with zero attached hydrogens (tertiary/aromatic N) is 7. The van der Waals surface area contributed by atoms with Crippen LogP contribution in [0, 0.1) is 0 Å². The largest absolute Gasteiger partial charge is 0.501 e. The second-order valence-corrected chi connectivity index (χ2v) is 9.15. The number of alkyl halides is 3. The maximum atomic E-state index is 13.2. The van der Waals surface area contributed by atoms with Crippen LogP contribution in [-0.4, -0.2) is 56.0 Å². The van der Waals surface area contributed by atoms with Crippen LogP contribution in [0.4, 0.5) is 19.0 Å². The molecule has 3 aromatic heterocycles. The minimum Gasteiger partial charge on any atom is -0.480 e. The van der Waals surface area contributed by atoms with Gasteiger partial charge >= 0.3 is 5.51 Å². The quantitative estimate of drug-likeness (QED) is 0.408. The minimum absolute atomic E-state index is 0.0278. The zero-order chi connectivity index (χ0) is 24.7. The SMILES string of the molecule is COc1ccc(-n2ncnc2[C@H](C)Nc2ncnc3c(S(=O)(=O)C(F)(F)F)cc(Cl)cc23)nn1. The molecule has 4 aromatic rings. The third-order valence-electron chi connectivity index (χ3n) is 4.63. The van der Waals surface area contributed by atoms with Gasteiger partial charge in [0.1, 0.15) is 23.4 Å². The average molecular weight is 515 g/mol. The second kappa shape index (κ2) is 8.64. The van der Waals surface area contributed by atoms with Crippen LogP contribution in [0.15, 0.2) is 41.8 Å².